The summed E-state index contributed by atoms with van der Waals surface area (Å²) in [5.74, 6) is -0.663. The van der Waals surface area contributed by atoms with E-state index < -0.39 is 17.4 Å². The SMILES string of the molecule is CC[C@@H](C)[C@H](NC(=O)C(C)(c1ccccc1)c1ccccc1)C(=O)OC. The Morgan fingerprint density at radius 1 is 1.00 bits per heavy atom. The Morgan fingerprint density at radius 3 is 1.85 bits per heavy atom. The number of amides is 1. The molecule has 0 aliphatic heterocycles. The number of benzene rings is 2. The largest absolute Gasteiger partial charge is 0.467 e. The maximum atomic E-state index is 13.4. The molecule has 138 valence electrons. The van der Waals surface area contributed by atoms with E-state index in [-0.39, 0.29) is 11.8 Å². The number of carbonyl (C=O) groups is 2. The van der Waals surface area contributed by atoms with Crippen molar-refractivity contribution in [1.82, 2.24) is 5.32 Å². The summed E-state index contributed by atoms with van der Waals surface area (Å²) in [6.07, 6.45) is 0.757. The van der Waals surface area contributed by atoms with E-state index in [1.54, 1.807) is 0 Å². The van der Waals surface area contributed by atoms with Crippen LogP contribution >= 0.6 is 0 Å². The van der Waals surface area contributed by atoms with Gasteiger partial charge in [0.15, 0.2) is 0 Å². The zero-order valence-electron chi connectivity index (χ0n) is 15.9. The fourth-order valence-corrected chi connectivity index (χ4v) is 3.05. The van der Waals surface area contributed by atoms with Gasteiger partial charge in [-0.15, -0.1) is 0 Å². The van der Waals surface area contributed by atoms with Crippen molar-refractivity contribution in [2.24, 2.45) is 5.92 Å². The minimum Gasteiger partial charge on any atom is -0.467 e. The molecule has 2 aromatic carbocycles. The van der Waals surface area contributed by atoms with Gasteiger partial charge >= 0.3 is 5.97 Å². The molecule has 4 nitrogen and oxygen atoms in total. The molecule has 0 unspecified atom stereocenters. The lowest BCUT2D eigenvalue weighted by atomic mass is 9.75. The number of nitrogens with one attached hydrogen (secondary N) is 1. The van der Waals surface area contributed by atoms with E-state index >= 15 is 0 Å². The normalized spacial score (nSPS) is 13.5. The molecule has 0 heterocycles. The first-order valence-corrected chi connectivity index (χ1v) is 8.95. The Morgan fingerprint density at radius 2 is 1.46 bits per heavy atom. The van der Waals surface area contributed by atoms with Gasteiger partial charge in [-0.3, -0.25) is 4.79 Å². The maximum absolute atomic E-state index is 13.4. The highest BCUT2D eigenvalue weighted by atomic mass is 16.5. The van der Waals surface area contributed by atoms with Gasteiger partial charge in [0.2, 0.25) is 5.91 Å². The lowest BCUT2D eigenvalue weighted by Gasteiger charge is -2.32. The van der Waals surface area contributed by atoms with Gasteiger partial charge in [0, 0.05) is 0 Å². The van der Waals surface area contributed by atoms with Crippen molar-refractivity contribution in [3.05, 3.63) is 71.8 Å². The van der Waals surface area contributed by atoms with Gasteiger partial charge in [0.25, 0.3) is 0 Å². The fourth-order valence-electron chi connectivity index (χ4n) is 3.05. The molecule has 2 atom stereocenters. The second kappa shape index (κ2) is 8.65. The van der Waals surface area contributed by atoms with Crippen molar-refractivity contribution >= 4 is 11.9 Å². The number of carbonyl (C=O) groups excluding carboxylic acids is 2. The second-order valence-electron chi connectivity index (χ2n) is 6.72. The molecule has 26 heavy (non-hydrogen) atoms. The van der Waals surface area contributed by atoms with Crippen molar-refractivity contribution < 1.29 is 14.3 Å². The first-order valence-electron chi connectivity index (χ1n) is 8.95. The number of esters is 1. The molecule has 2 aromatic rings. The van der Waals surface area contributed by atoms with Crippen molar-refractivity contribution in [3.8, 4) is 0 Å². The van der Waals surface area contributed by atoms with Gasteiger partial charge < -0.3 is 10.1 Å². The van der Waals surface area contributed by atoms with E-state index in [1.807, 2.05) is 81.4 Å². The molecule has 0 spiro atoms. The molecule has 0 aliphatic carbocycles. The zero-order valence-corrected chi connectivity index (χ0v) is 15.9. The van der Waals surface area contributed by atoms with Gasteiger partial charge in [-0.1, -0.05) is 80.9 Å². The third-order valence-electron chi connectivity index (χ3n) is 5.11. The minimum atomic E-state index is -0.914. The van der Waals surface area contributed by atoms with E-state index in [0.717, 1.165) is 17.5 Å². The summed E-state index contributed by atoms with van der Waals surface area (Å²) in [6, 6.07) is 18.5. The molecule has 0 bridgehead atoms. The number of hydrogen-bond donors (Lipinski definition) is 1. The van der Waals surface area contributed by atoms with Crippen LogP contribution in [0.3, 0.4) is 0 Å². The second-order valence-corrected chi connectivity index (χ2v) is 6.72. The summed E-state index contributed by atoms with van der Waals surface area (Å²) in [4.78, 5) is 25.6. The molecule has 0 saturated heterocycles. The van der Waals surface area contributed by atoms with Crippen LogP contribution < -0.4 is 5.32 Å². The molecule has 2 rings (SSSR count). The molecule has 1 N–H and O–H groups in total. The first kappa shape index (κ1) is 19.7. The smallest absolute Gasteiger partial charge is 0.328 e. The topological polar surface area (TPSA) is 55.4 Å². The number of hydrogen-bond acceptors (Lipinski definition) is 3. The van der Waals surface area contributed by atoms with Crippen molar-refractivity contribution in [1.29, 1.82) is 0 Å². The first-order chi connectivity index (χ1) is 12.4. The minimum absolute atomic E-state index is 0.0257. The van der Waals surface area contributed by atoms with Crippen LogP contribution in [-0.4, -0.2) is 25.0 Å². The number of methoxy groups -OCH3 is 1. The molecule has 0 fully saturated rings. The molecular formula is C22H27NO3. The van der Waals surface area contributed by atoms with Gasteiger partial charge in [-0.2, -0.15) is 0 Å². The summed E-state index contributed by atoms with van der Waals surface area (Å²) in [5, 5.41) is 2.94. The summed E-state index contributed by atoms with van der Waals surface area (Å²) in [7, 11) is 1.34. The molecule has 4 heteroatoms. The number of ether oxygens (including phenoxy) is 1. The third kappa shape index (κ3) is 3.96. The van der Waals surface area contributed by atoms with Crippen LogP contribution in [0, 0.1) is 5.92 Å². The average Bonchev–Trinajstić information content (AvgIpc) is 2.71. The number of rotatable bonds is 7. The van der Waals surface area contributed by atoms with Crippen LogP contribution in [0.1, 0.15) is 38.3 Å². The van der Waals surface area contributed by atoms with Gasteiger partial charge in [-0.05, 0) is 24.0 Å². The maximum Gasteiger partial charge on any atom is 0.328 e. The lowest BCUT2D eigenvalue weighted by Crippen LogP contribution is -2.52. The summed E-state index contributed by atoms with van der Waals surface area (Å²) in [6.45, 7) is 5.81. The van der Waals surface area contributed by atoms with E-state index in [2.05, 4.69) is 5.32 Å². The Hall–Kier alpha value is -2.62. The summed E-state index contributed by atoms with van der Waals surface area (Å²) < 4.78 is 4.91. The fraction of sp³-hybridized carbons (Fsp3) is 0.364. The molecule has 0 radical (unpaired) electrons. The highest BCUT2D eigenvalue weighted by Crippen LogP contribution is 2.32. The molecule has 1 amide bonds. The molecule has 0 aromatic heterocycles. The van der Waals surface area contributed by atoms with Crippen LogP contribution in [0.5, 0.6) is 0 Å². The van der Waals surface area contributed by atoms with Crippen molar-refractivity contribution in [2.45, 2.75) is 38.6 Å². The van der Waals surface area contributed by atoms with Gasteiger partial charge in [0.1, 0.15) is 6.04 Å². The lowest BCUT2D eigenvalue weighted by molar-refractivity contribution is -0.147. The van der Waals surface area contributed by atoms with E-state index in [1.165, 1.54) is 7.11 Å². The predicted molar refractivity (Wildman–Crippen MR) is 103 cm³/mol. The standard InChI is InChI=1S/C22H27NO3/c1-5-16(2)19(20(24)26-4)23-21(25)22(3,17-12-8-6-9-13-17)18-14-10-7-11-15-18/h6-16,19H,5H2,1-4H3,(H,23,25)/t16-,19+/m1/s1. The van der Waals surface area contributed by atoms with Crippen LogP contribution in [0.15, 0.2) is 60.7 Å². The Kier molecular flexibility index (Phi) is 6.56. The van der Waals surface area contributed by atoms with E-state index in [0.29, 0.717) is 0 Å². The molecular weight excluding hydrogens is 326 g/mol. The van der Waals surface area contributed by atoms with E-state index in [4.69, 9.17) is 4.74 Å². The van der Waals surface area contributed by atoms with Crippen molar-refractivity contribution in [2.75, 3.05) is 7.11 Å². The highest BCUT2D eigenvalue weighted by Gasteiger charge is 2.40. The summed E-state index contributed by atoms with van der Waals surface area (Å²) in [5.41, 5.74) is 0.829. The Balaban J connectivity index is 2.46. The highest BCUT2D eigenvalue weighted by molar-refractivity contribution is 5.94. The van der Waals surface area contributed by atoms with E-state index in [9.17, 15) is 9.59 Å². The van der Waals surface area contributed by atoms with Crippen molar-refractivity contribution in [3.63, 3.8) is 0 Å². The Labute approximate surface area is 155 Å². The quantitative estimate of drug-likeness (QED) is 0.772. The predicted octanol–water partition coefficient (Wildman–Crippen LogP) is 3.70. The van der Waals surface area contributed by atoms with Gasteiger partial charge in [0.05, 0.1) is 12.5 Å². The van der Waals surface area contributed by atoms with Crippen LogP contribution in [0.4, 0.5) is 0 Å². The zero-order chi connectivity index (χ0) is 19.2. The van der Waals surface area contributed by atoms with Crippen LogP contribution in [0.2, 0.25) is 0 Å². The van der Waals surface area contributed by atoms with Crippen LogP contribution in [0.25, 0.3) is 0 Å². The van der Waals surface area contributed by atoms with Gasteiger partial charge in [-0.25, -0.2) is 4.79 Å². The summed E-state index contributed by atoms with van der Waals surface area (Å²) >= 11 is 0. The monoisotopic (exact) mass is 353 g/mol. The average molecular weight is 353 g/mol. The van der Waals surface area contributed by atoms with Crippen LogP contribution in [-0.2, 0) is 19.7 Å². The molecule has 0 aliphatic rings. The third-order valence-corrected chi connectivity index (χ3v) is 5.11. The Bertz CT molecular complexity index is 688. The molecule has 0 saturated carbocycles.